The summed E-state index contributed by atoms with van der Waals surface area (Å²) in [5.74, 6) is -0.674. The van der Waals surface area contributed by atoms with Crippen molar-refractivity contribution < 1.29 is 4.79 Å². The van der Waals surface area contributed by atoms with Crippen molar-refractivity contribution in [2.75, 3.05) is 16.9 Å². The Bertz CT molecular complexity index is 415. The molecule has 1 heterocycles. The first-order chi connectivity index (χ1) is 6.54. The van der Waals surface area contributed by atoms with Crippen LogP contribution in [0.25, 0.3) is 0 Å². The Balaban J connectivity index is 3.09. The van der Waals surface area contributed by atoms with E-state index in [2.05, 4.69) is 15.3 Å². The van der Waals surface area contributed by atoms with Gasteiger partial charge in [-0.1, -0.05) is 0 Å². The van der Waals surface area contributed by atoms with Gasteiger partial charge in [-0.25, -0.2) is 4.98 Å². The first-order valence-electron chi connectivity index (χ1n) is 3.76. The summed E-state index contributed by atoms with van der Waals surface area (Å²) in [6.07, 6.45) is 0. The van der Waals surface area contributed by atoms with Crippen molar-refractivity contribution in [3.63, 3.8) is 0 Å². The number of nitrogen functional groups attached to an aromatic ring is 1. The van der Waals surface area contributed by atoms with Crippen LogP contribution in [-0.4, -0.2) is 21.8 Å². The molecule has 0 aliphatic heterocycles. The van der Waals surface area contributed by atoms with E-state index in [-0.39, 0.29) is 17.5 Å². The number of hydrogen-bond acceptors (Lipinski definition) is 4. The number of rotatable bonds is 2. The van der Waals surface area contributed by atoms with Crippen molar-refractivity contribution in [3.8, 4) is 0 Å². The number of alkyl halides is 1. The zero-order chi connectivity index (χ0) is 10.7. The summed E-state index contributed by atoms with van der Waals surface area (Å²) in [6.45, 7) is 1.56. The van der Waals surface area contributed by atoms with Crippen LogP contribution in [0.3, 0.4) is 0 Å². The number of H-pyrrole nitrogens is 1. The number of aryl methyl sites for hydroxylation is 1. The average molecular weight is 217 g/mol. The minimum absolute atomic E-state index is 0.0105. The number of nitrogens with zero attached hydrogens (tertiary/aromatic N) is 1. The van der Waals surface area contributed by atoms with Gasteiger partial charge in [-0.3, -0.25) is 14.6 Å². The first-order valence-corrected chi connectivity index (χ1v) is 4.30. The van der Waals surface area contributed by atoms with Crippen LogP contribution in [0.1, 0.15) is 5.69 Å². The number of amides is 1. The van der Waals surface area contributed by atoms with Crippen LogP contribution in [0.15, 0.2) is 4.79 Å². The summed E-state index contributed by atoms with van der Waals surface area (Å²) in [7, 11) is 0. The highest BCUT2D eigenvalue weighted by molar-refractivity contribution is 6.29. The molecule has 0 bridgehead atoms. The molecular formula is C7H9ClN4O2. The third-order valence-corrected chi connectivity index (χ3v) is 1.75. The van der Waals surface area contributed by atoms with Crippen molar-refractivity contribution >= 4 is 29.1 Å². The zero-order valence-corrected chi connectivity index (χ0v) is 8.18. The lowest BCUT2D eigenvalue weighted by molar-refractivity contribution is -0.113. The van der Waals surface area contributed by atoms with Gasteiger partial charge in [0.15, 0.2) is 0 Å². The first kappa shape index (κ1) is 10.5. The number of carbonyl (C=O) groups excluding carboxylic acids is 1. The molecule has 0 radical (unpaired) electrons. The van der Waals surface area contributed by atoms with Crippen LogP contribution in [0.2, 0.25) is 0 Å². The SMILES string of the molecule is Cc1nc(N)[nH]c(=O)c1NC(=O)CCl. The Morgan fingerprint density at radius 3 is 2.86 bits per heavy atom. The van der Waals surface area contributed by atoms with Crippen molar-refractivity contribution in [2.45, 2.75) is 6.92 Å². The van der Waals surface area contributed by atoms with Crippen LogP contribution in [0.4, 0.5) is 11.6 Å². The van der Waals surface area contributed by atoms with E-state index >= 15 is 0 Å². The van der Waals surface area contributed by atoms with Gasteiger partial charge in [-0.2, -0.15) is 0 Å². The van der Waals surface area contributed by atoms with E-state index in [1.54, 1.807) is 6.92 Å². The monoisotopic (exact) mass is 216 g/mol. The van der Waals surface area contributed by atoms with Gasteiger partial charge >= 0.3 is 0 Å². The lowest BCUT2D eigenvalue weighted by atomic mass is 10.3. The van der Waals surface area contributed by atoms with Gasteiger partial charge in [-0.05, 0) is 6.92 Å². The van der Waals surface area contributed by atoms with E-state index in [1.165, 1.54) is 0 Å². The number of aromatic nitrogens is 2. The van der Waals surface area contributed by atoms with Gasteiger partial charge in [0.05, 0.1) is 5.69 Å². The maximum absolute atomic E-state index is 11.3. The molecule has 4 N–H and O–H groups in total. The van der Waals surface area contributed by atoms with Gasteiger partial charge in [0, 0.05) is 0 Å². The maximum Gasteiger partial charge on any atom is 0.276 e. The normalized spacial score (nSPS) is 9.86. The molecule has 0 saturated heterocycles. The summed E-state index contributed by atoms with van der Waals surface area (Å²) < 4.78 is 0. The largest absolute Gasteiger partial charge is 0.369 e. The standard InChI is InChI=1S/C7H9ClN4O2/c1-3-5(11-4(13)2-8)6(14)12-7(9)10-3/h2H2,1H3,(H,11,13)(H3,9,10,12,14). The van der Waals surface area contributed by atoms with Crippen molar-refractivity contribution in [1.29, 1.82) is 0 Å². The smallest absolute Gasteiger partial charge is 0.276 e. The second kappa shape index (κ2) is 4.10. The highest BCUT2D eigenvalue weighted by Crippen LogP contribution is 2.05. The number of aromatic amines is 1. The fraction of sp³-hybridized carbons (Fsp3) is 0.286. The van der Waals surface area contributed by atoms with Crippen molar-refractivity contribution in [1.82, 2.24) is 9.97 Å². The van der Waals surface area contributed by atoms with E-state index in [0.717, 1.165) is 0 Å². The van der Waals surface area contributed by atoms with Crippen LogP contribution in [0.5, 0.6) is 0 Å². The van der Waals surface area contributed by atoms with Crippen LogP contribution in [0, 0.1) is 6.92 Å². The average Bonchev–Trinajstić information content (AvgIpc) is 2.10. The number of nitrogens with one attached hydrogen (secondary N) is 2. The Labute approximate surface area is 84.5 Å². The predicted octanol–water partition coefficient (Wildman–Crippen LogP) is -0.162. The summed E-state index contributed by atoms with van der Waals surface area (Å²) in [5, 5.41) is 2.32. The lowest BCUT2D eigenvalue weighted by Gasteiger charge is -2.04. The Hall–Kier alpha value is -1.56. The fourth-order valence-electron chi connectivity index (χ4n) is 0.928. The second-order valence-electron chi connectivity index (χ2n) is 2.59. The van der Waals surface area contributed by atoms with Gasteiger partial charge in [-0.15, -0.1) is 11.6 Å². The zero-order valence-electron chi connectivity index (χ0n) is 7.43. The van der Waals surface area contributed by atoms with Crippen molar-refractivity contribution in [3.05, 3.63) is 16.0 Å². The number of halogens is 1. The van der Waals surface area contributed by atoms with E-state index in [1.807, 2.05) is 0 Å². The van der Waals surface area contributed by atoms with E-state index in [0.29, 0.717) is 5.69 Å². The molecule has 0 spiro atoms. The molecule has 76 valence electrons. The van der Waals surface area contributed by atoms with E-state index in [4.69, 9.17) is 17.3 Å². The third-order valence-electron chi connectivity index (χ3n) is 1.50. The summed E-state index contributed by atoms with van der Waals surface area (Å²) in [5.41, 5.74) is 5.22. The number of nitrogens with two attached hydrogens (primary N) is 1. The molecule has 7 heteroatoms. The molecular weight excluding hydrogens is 208 g/mol. The molecule has 0 aromatic carbocycles. The van der Waals surface area contributed by atoms with Crippen LogP contribution >= 0.6 is 11.6 Å². The van der Waals surface area contributed by atoms with Crippen LogP contribution in [-0.2, 0) is 4.79 Å². The second-order valence-corrected chi connectivity index (χ2v) is 2.86. The highest BCUT2D eigenvalue weighted by Gasteiger charge is 2.09. The van der Waals surface area contributed by atoms with Gasteiger partial charge in [0.25, 0.3) is 5.56 Å². The Kier molecular flexibility index (Phi) is 3.08. The number of hydrogen-bond donors (Lipinski definition) is 3. The maximum atomic E-state index is 11.3. The molecule has 0 saturated carbocycles. The summed E-state index contributed by atoms with van der Waals surface area (Å²) in [4.78, 5) is 28.2. The fourth-order valence-corrected chi connectivity index (χ4v) is 0.995. The topological polar surface area (TPSA) is 101 Å². The molecule has 6 nitrogen and oxygen atoms in total. The molecule has 0 atom stereocenters. The molecule has 0 unspecified atom stereocenters. The number of carbonyl (C=O) groups is 1. The van der Waals surface area contributed by atoms with Crippen molar-refractivity contribution in [2.24, 2.45) is 0 Å². The Morgan fingerprint density at radius 1 is 1.71 bits per heavy atom. The predicted molar refractivity (Wildman–Crippen MR) is 53.4 cm³/mol. The summed E-state index contributed by atoms with van der Waals surface area (Å²) in [6, 6.07) is 0. The van der Waals surface area contributed by atoms with Gasteiger partial charge in [0.1, 0.15) is 11.6 Å². The van der Waals surface area contributed by atoms with E-state index in [9.17, 15) is 9.59 Å². The molecule has 0 aliphatic rings. The molecule has 1 rings (SSSR count). The molecule has 0 aliphatic carbocycles. The molecule has 1 amide bonds. The van der Waals surface area contributed by atoms with Gasteiger partial charge < -0.3 is 11.1 Å². The summed E-state index contributed by atoms with van der Waals surface area (Å²) >= 11 is 5.27. The minimum Gasteiger partial charge on any atom is -0.369 e. The molecule has 0 fully saturated rings. The third kappa shape index (κ3) is 2.23. The Morgan fingerprint density at radius 2 is 2.36 bits per heavy atom. The van der Waals surface area contributed by atoms with Gasteiger partial charge in [0.2, 0.25) is 11.9 Å². The molecule has 14 heavy (non-hydrogen) atoms. The minimum atomic E-state index is -0.492. The molecule has 1 aromatic rings. The molecule has 1 aromatic heterocycles. The quantitative estimate of drug-likeness (QED) is 0.598. The van der Waals surface area contributed by atoms with E-state index < -0.39 is 11.5 Å². The lowest BCUT2D eigenvalue weighted by Crippen LogP contribution is -2.23. The van der Waals surface area contributed by atoms with Crippen LogP contribution < -0.4 is 16.6 Å². The highest BCUT2D eigenvalue weighted by atomic mass is 35.5. The number of anilines is 2.